The minimum absolute atomic E-state index is 0.510. The molecule has 0 fully saturated rings. The van der Waals surface area contributed by atoms with E-state index in [0.717, 1.165) is 44.4 Å². The zero-order chi connectivity index (χ0) is 16.9. The average Bonchev–Trinajstić information content (AvgIpc) is 2.55. The Kier molecular flexibility index (Phi) is 9.79. The number of nitrogens with zero attached hydrogens (tertiary/aromatic N) is 2. The van der Waals surface area contributed by atoms with Gasteiger partial charge in [-0.1, -0.05) is 19.9 Å². The highest BCUT2D eigenvalue weighted by Crippen LogP contribution is 2.07. The molecule has 6 heteroatoms. The normalized spacial score (nSPS) is 11.6. The topological polar surface area (TPSA) is 67.8 Å². The number of ether oxygens (including phenoxy) is 2. The Hall–Kier alpha value is -1.82. The molecule has 1 aromatic heterocycles. The van der Waals surface area contributed by atoms with Gasteiger partial charge in [-0.05, 0) is 25.3 Å². The van der Waals surface area contributed by atoms with E-state index in [1.54, 1.807) is 7.11 Å². The van der Waals surface area contributed by atoms with E-state index in [2.05, 4.69) is 34.5 Å². The maximum Gasteiger partial charge on any atom is 0.213 e. The Morgan fingerprint density at radius 1 is 1.30 bits per heavy atom. The average molecular weight is 322 g/mol. The van der Waals surface area contributed by atoms with Crippen molar-refractivity contribution < 1.29 is 9.47 Å². The van der Waals surface area contributed by atoms with Gasteiger partial charge < -0.3 is 20.1 Å². The van der Waals surface area contributed by atoms with Crippen LogP contribution in [0.4, 0.5) is 0 Å². The molecule has 0 bridgehead atoms. The highest BCUT2D eigenvalue weighted by Gasteiger charge is 2.00. The molecule has 0 aliphatic rings. The van der Waals surface area contributed by atoms with Crippen molar-refractivity contribution >= 4 is 5.96 Å². The van der Waals surface area contributed by atoms with Gasteiger partial charge in [0.2, 0.25) is 5.88 Å². The Morgan fingerprint density at radius 3 is 2.83 bits per heavy atom. The largest absolute Gasteiger partial charge is 0.481 e. The van der Waals surface area contributed by atoms with Crippen molar-refractivity contribution in [3.05, 3.63) is 23.9 Å². The van der Waals surface area contributed by atoms with Gasteiger partial charge in [-0.2, -0.15) is 0 Å². The van der Waals surface area contributed by atoms with Crippen molar-refractivity contribution in [3.63, 3.8) is 0 Å². The molecule has 1 aromatic rings. The van der Waals surface area contributed by atoms with Gasteiger partial charge in [0.15, 0.2) is 5.96 Å². The van der Waals surface area contributed by atoms with Crippen molar-refractivity contribution in [1.82, 2.24) is 15.6 Å². The molecular weight excluding hydrogens is 292 g/mol. The van der Waals surface area contributed by atoms with E-state index >= 15 is 0 Å². The summed E-state index contributed by atoms with van der Waals surface area (Å²) in [6.07, 6.45) is 0.953. The molecule has 130 valence electrons. The third-order valence-electron chi connectivity index (χ3n) is 2.94. The van der Waals surface area contributed by atoms with Crippen LogP contribution in [0.3, 0.4) is 0 Å². The molecule has 0 spiro atoms. The van der Waals surface area contributed by atoms with E-state index in [1.165, 1.54) is 0 Å². The SMILES string of the molecule is CCNC(=NCc1cccc(OC)n1)NCCCOCC(C)C. The predicted octanol–water partition coefficient (Wildman–Crippen LogP) is 2.21. The highest BCUT2D eigenvalue weighted by molar-refractivity contribution is 5.79. The van der Waals surface area contributed by atoms with Crippen LogP contribution in [0.15, 0.2) is 23.2 Å². The minimum atomic E-state index is 0.510. The molecule has 1 rings (SSSR count). The summed E-state index contributed by atoms with van der Waals surface area (Å²) >= 11 is 0. The fourth-order valence-corrected chi connectivity index (χ4v) is 1.86. The van der Waals surface area contributed by atoms with E-state index in [1.807, 2.05) is 25.1 Å². The monoisotopic (exact) mass is 322 g/mol. The smallest absolute Gasteiger partial charge is 0.213 e. The number of aromatic nitrogens is 1. The lowest BCUT2D eigenvalue weighted by molar-refractivity contribution is 0.108. The van der Waals surface area contributed by atoms with Crippen LogP contribution in [0.5, 0.6) is 5.88 Å². The third kappa shape index (κ3) is 9.03. The number of nitrogens with one attached hydrogen (secondary N) is 2. The van der Waals surface area contributed by atoms with Crippen LogP contribution >= 0.6 is 0 Å². The maximum atomic E-state index is 5.57. The lowest BCUT2D eigenvalue weighted by Gasteiger charge is -2.12. The van der Waals surface area contributed by atoms with Gasteiger partial charge in [-0.15, -0.1) is 0 Å². The summed E-state index contributed by atoms with van der Waals surface area (Å²) in [5, 5.41) is 6.54. The number of rotatable bonds is 10. The van der Waals surface area contributed by atoms with Gasteiger partial charge in [0.1, 0.15) is 0 Å². The van der Waals surface area contributed by atoms with Crippen LogP contribution in [-0.2, 0) is 11.3 Å². The highest BCUT2D eigenvalue weighted by atomic mass is 16.5. The first-order chi connectivity index (χ1) is 11.2. The second kappa shape index (κ2) is 11.7. The summed E-state index contributed by atoms with van der Waals surface area (Å²) in [6.45, 7) is 10.1. The molecule has 0 saturated carbocycles. The summed E-state index contributed by atoms with van der Waals surface area (Å²) in [4.78, 5) is 8.90. The third-order valence-corrected chi connectivity index (χ3v) is 2.94. The number of aliphatic imine (C=N–C) groups is 1. The van der Waals surface area contributed by atoms with E-state index < -0.39 is 0 Å². The van der Waals surface area contributed by atoms with Crippen molar-refractivity contribution in [1.29, 1.82) is 0 Å². The standard InChI is InChI=1S/C17H30N4O2/c1-5-18-17(19-10-7-11-23-13-14(2)3)20-12-15-8-6-9-16(21-15)22-4/h6,8-9,14H,5,7,10-13H2,1-4H3,(H2,18,19,20). The molecular formula is C17H30N4O2. The van der Waals surface area contributed by atoms with Gasteiger partial charge >= 0.3 is 0 Å². The van der Waals surface area contributed by atoms with Crippen LogP contribution in [0.25, 0.3) is 0 Å². The molecule has 23 heavy (non-hydrogen) atoms. The van der Waals surface area contributed by atoms with Gasteiger partial charge in [-0.3, -0.25) is 0 Å². The van der Waals surface area contributed by atoms with Crippen LogP contribution < -0.4 is 15.4 Å². The van der Waals surface area contributed by atoms with E-state index in [0.29, 0.717) is 18.3 Å². The summed E-state index contributed by atoms with van der Waals surface area (Å²) in [7, 11) is 1.61. The van der Waals surface area contributed by atoms with Crippen molar-refractivity contribution in [3.8, 4) is 5.88 Å². The zero-order valence-electron chi connectivity index (χ0n) is 14.8. The van der Waals surface area contributed by atoms with Crippen molar-refractivity contribution in [2.45, 2.75) is 33.7 Å². The zero-order valence-corrected chi connectivity index (χ0v) is 14.8. The number of guanidine groups is 1. The van der Waals surface area contributed by atoms with Gasteiger partial charge in [0.05, 0.1) is 19.3 Å². The van der Waals surface area contributed by atoms with Gasteiger partial charge in [0, 0.05) is 32.4 Å². The fourth-order valence-electron chi connectivity index (χ4n) is 1.86. The van der Waals surface area contributed by atoms with Crippen LogP contribution in [0.1, 0.15) is 32.9 Å². The molecule has 2 N–H and O–H groups in total. The molecule has 0 unspecified atom stereocenters. The van der Waals surface area contributed by atoms with Gasteiger partial charge in [0.25, 0.3) is 0 Å². The molecule has 1 heterocycles. The van der Waals surface area contributed by atoms with Crippen molar-refractivity contribution in [2.24, 2.45) is 10.9 Å². The first-order valence-corrected chi connectivity index (χ1v) is 8.25. The summed E-state index contributed by atoms with van der Waals surface area (Å²) < 4.78 is 10.7. The van der Waals surface area contributed by atoms with E-state index in [9.17, 15) is 0 Å². The number of methoxy groups -OCH3 is 1. The number of hydrogen-bond donors (Lipinski definition) is 2. The van der Waals surface area contributed by atoms with E-state index in [4.69, 9.17) is 9.47 Å². The first kappa shape index (κ1) is 19.2. The van der Waals surface area contributed by atoms with Crippen molar-refractivity contribution in [2.75, 3.05) is 33.4 Å². The summed E-state index contributed by atoms with van der Waals surface area (Å²) in [6, 6.07) is 5.69. The first-order valence-electron chi connectivity index (χ1n) is 8.25. The molecule has 0 amide bonds. The predicted molar refractivity (Wildman–Crippen MR) is 93.9 cm³/mol. The lowest BCUT2D eigenvalue weighted by atomic mass is 10.2. The molecule has 0 radical (unpaired) electrons. The van der Waals surface area contributed by atoms with Crippen LogP contribution in [-0.4, -0.2) is 44.4 Å². The fraction of sp³-hybridized carbons (Fsp3) is 0.647. The maximum absolute atomic E-state index is 5.57. The molecule has 0 aliphatic carbocycles. The lowest BCUT2D eigenvalue weighted by Crippen LogP contribution is -2.38. The second-order valence-electron chi connectivity index (χ2n) is 5.62. The van der Waals surface area contributed by atoms with Crippen LogP contribution in [0.2, 0.25) is 0 Å². The molecule has 0 aromatic carbocycles. The molecule has 0 saturated heterocycles. The second-order valence-corrected chi connectivity index (χ2v) is 5.62. The quantitative estimate of drug-likeness (QED) is 0.393. The Morgan fingerprint density at radius 2 is 2.13 bits per heavy atom. The Balaban J connectivity index is 2.37. The molecule has 0 aliphatic heterocycles. The Labute approximate surface area is 139 Å². The van der Waals surface area contributed by atoms with Gasteiger partial charge in [-0.25, -0.2) is 9.98 Å². The minimum Gasteiger partial charge on any atom is -0.481 e. The van der Waals surface area contributed by atoms with Crippen LogP contribution in [0, 0.1) is 5.92 Å². The summed E-state index contributed by atoms with van der Waals surface area (Å²) in [5.74, 6) is 1.98. The van der Waals surface area contributed by atoms with E-state index in [-0.39, 0.29) is 0 Å². The Bertz CT molecular complexity index is 464. The summed E-state index contributed by atoms with van der Waals surface area (Å²) in [5.41, 5.74) is 0.877. The number of hydrogen-bond acceptors (Lipinski definition) is 4. The number of pyridine rings is 1. The molecule has 0 atom stereocenters. The molecule has 6 nitrogen and oxygen atoms in total.